The number of aliphatic carboxylic acids is 1. The summed E-state index contributed by atoms with van der Waals surface area (Å²) in [6, 6.07) is 17.4. The van der Waals surface area contributed by atoms with E-state index in [2.05, 4.69) is 9.55 Å². The average Bonchev–Trinajstić information content (AvgIpc) is 3.52. The summed E-state index contributed by atoms with van der Waals surface area (Å²) in [5.74, 6) is -2.67. The molecule has 214 valence electrons. The van der Waals surface area contributed by atoms with Crippen molar-refractivity contribution >= 4 is 22.7 Å². The molecular formula is C32H34F2N4O3. The summed E-state index contributed by atoms with van der Waals surface area (Å²) in [5, 5.41) is 10.0. The minimum atomic E-state index is -2.65. The lowest BCUT2D eigenvalue weighted by molar-refractivity contribution is -0.143. The average molecular weight is 561 g/mol. The maximum absolute atomic E-state index is 13.8. The van der Waals surface area contributed by atoms with Crippen LogP contribution in [0.25, 0.3) is 11.0 Å². The quantitative estimate of drug-likeness (QED) is 0.263. The van der Waals surface area contributed by atoms with E-state index in [1.54, 1.807) is 4.90 Å². The molecule has 1 saturated heterocycles. The van der Waals surface area contributed by atoms with Gasteiger partial charge in [-0.05, 0) is 61.2 Å². The Hall–Kier alpha value is -4.01. The van der Waals surface area contributed by atoms with E-state index in [1.807, 2.05) is 67.7 Å². The van der Waals surface area contributed by atoms with Crippen LogP contribution >= 0.6 is 0 Å². The van der Waals surface area contributed by atoms with E-state index in [0.29, 0.717) is 31.9 Å². The van der Waals surface area contributed by atoms with E-state index < -0.39 is 17.8 Å². The molecule has 4 aromatic rings. The predicted octanol–water partition coefficient (Wildman–Crippen LogP) is 6.57. The summed E-state index contributed by atoms with van der Waals surface area (Å²) in [6.45, 7) is 2.87. The molecule has 7 nitrogen and oxygen atoms in total. The number of rotatable bonds is 8. The molecule has 41 heavy (non-hydrogen) atoms. The molecule has 2 aromatic heterocycles. The molecule has 1 aliphatic carbocycles. The lowest BCUT2D eigenvalue weighted by Gasteiger charge is -2.28. The molecule has 1 saturated carbocycles. The lowest BCUT2D eigenvalue weighted by Crippen LogP contribution is -2.27. The van der Waals surface area contributed by atoms with Crippen LogP contribution in [0.2, 0.25) is 0 Å². The Labute approximate surface area is 237 Å². The van der Waals surface area contributed by atoms with Gasteiger partial charge in [-0.2, -0.15) is 0 Å². The molecule has 0 bridgehead atoms. The van der Waals surface area contributed by atoms with Crippen molar-refractivity contribution in [3.63, 3.8) is 0 Å². The molecule has 6 rings (SSSR count). The van der Waals surface area contributed by atoms with Crippen LogP contribution in [0.4, 0.5) is 14.5 Å². The van der Waals surface area contributed by atoms with Crippen LogP contribution < -0.4 is 9.64 Å². The Morgan fingerprint density at radius 1 is 1.10 bits per heavy atom. The predicted molar refractivity (Wildman–Crippen MR) is 153 cm³/mol. The van der Waals surface area contributed by atoms with Gasteiger partial charge < -0.3 is 19.3 Å². The number of fused-ring (bicyclic) bond motifs is 1. The number of nitrogens with zero attached hydrogens (tertiary/aromatic N) is 4. The smallest absolute Gasteiger partial charge is 0.307 e. The fraction of sp³-hybridized carbons (Fsp3) is 0.406. The second-order valence-electron chi connectivity index (χ2n) is 11.4. The number of aryl methyl sites for hydroxylation is 1. The summed E-state index contributed by atoms with van der Waals surface area (Å²) in [5.41, 5.74) is 5.32. The molecular weight excluding hydrogens is 526 g/mol. The molecule has 0 spiro atoms. The van der Waals surface area contributed by atoms with E-state index in [9.17, 15) is 18.7 Å². The summed E-state index contributed by atoms with van der Waals surface area (Å²) in [7, 11) is 0. The number of carboxylic acids is 1. The van der Waals surface area contributed by atoms with Gasteiger partial charge in [0, 0.05) is 43.4 Å². The van der Waals surface area contributed by atoms with Crippen LogP contribution in [0.3, 0.4) is 0 Å². The van der Waals surface area contributed by atoms with Gasteiger partial charge in [0.25, 0.3) is 5.92 Å². The Kier molecular flexibility index (Phi) is 7.36. The lowest BCUT2D eigenvalue weighted by atomic mass is 9.78. The number of hydrogen-bond donors (Lipinski definition) is 1. The molecule has 2 atom stereocenters. The number of anilines is 1. The Morgan fingerprint density at radius 3 is 2.61 bits per heavy atom. The summed E-state index contributed by atoms with van der Waals surface area (Å²) in [4.78, 5) is 23.3. The third-order valence-electron chi connectivity index (χ3n) is 8.34. The van der Waals surface area contributed by atoms with Crippen LogP contribution in [0.5, 0.6) is 5.75 Å². The number of halogens is 2. The van der Waals surface area contributed by atoms with E-state index >= 15 is 0 Å². The summed E-state index contributed by atoms with van der Waals surface area (Å²) in [6.07, 6.45) is 4.95. The summed E-state index contributed by atoms with van der Waals surface area (Å²) >= 11 is 0. The second kappa shape index (κ2) is 11.1. The summed E-state index contributed by atoms with van der Waals surface area (Å²) < 4.78 is 35.7. The van der Waals surface area contributed by atoms with Crippen molar-refractivity contribution in [3.05, 3.63) is 83.4 Å². The van der Waals surface area contributed by atoms with Crippen LogP contribution in [0, 0.1) is 12.8 Å². The van der Waals surface area contributed by atoms with E-state index in [0.717, 1.165) is 58.6 Å². The van der Waals surface area contributed by atoms with Crippen molar-refractivity contribution in [1.29, 1.82) is 0 Å². The third kappa shape index (κ3) is 5.89. The molecule has 1 N–H and O–H groups in total. The van der Waals surface area contributed by atoms with E-state index in [-0.39, 0.29) is 18.9 Å². The third-order valence-corrected chi connectivity index (χ3v) is 8.34. The standard InChI is InChI=1S/C32H34F2N4O3/c1-21-6-9-23(35-17-21)19-41-25-12-13-28-29(16-25)38(30(36-28)26-4-2-3-5-27(26)31(39)40)18-22-7-10-24(11-8-22)37-15-14-32(33,34)20-37/h6-13,16-17,26-27H,2-5,14-15,18-20H2,1H3,(H,39,40)/t26?,27-/m0/s1. The molecule has 3 heterocycles. The van der Waals surface area contributed by atoms with Crippen molar-refractivity contribution < 1.29 is 23.4 Å². The van der Waals surface area contributed by atoms with Crippen molar-refractivity contribution in [2.45, 2.75) is 64.0 Å². The fourth-order valence-electron chi connectivity index (χ4n) is 6.09. The van der Waals surface area contributed by atoms with Gasteiger partial charge in [-0.15, -0.1) is 0 Å². The number of hydrogen-bond acceptors (Lipinski definition) is 5. The molecule has 9 heteroatoms. The highest BCUT2D eigenvalue weighted by atomic mass is 19.3. The maximum atomic E-state index is 13.8. The minimum Gasteiger partial charge on any atom is -0.487 e. The van der Waals surface area contributed by atoms with Gasteiger partial charge >= 0.3 is 5.97 Å². The number of aromatic nitrogens is 3. The van der Waals surface area contributed by atoms with Gasteiger partial charge in [0.05, 0.1) is 29.2 Å². The maximum Gasteiger partial charge on any atom is 0.307 e. The number of benzene rings is 2. The highest BCUT2D eigenvalue weighted by Crippen LogP contribution is 2.40. The first-order valence-corrected chi connectivity index (χ1v) is 14.2. The SMILES string of the molecule is Cc1ccc(COc2ccc3nc(C4CCCC[C@@H]4C(=O)O)n(Cc4ccc(N5CCC(F)(F)C5)cc4)c3c2)nc1. The highest BCUT2D eigenvalue weighted by Gasteiger charge is 2.38. The monoisotopic (exact) mass is 560 g/mol. The van der Waals surface area contributed by atoms with E-state index in [4.69, 9.17) is 9.72 Å². The molecule has 1 unspecified atom stereocenters. The first-order valence-electron chi connectivity index (χ1n) is 14.2. The Morgan fingerprint density at radius 2 is 1.90 bits per heavy atom. The Bertz CT molecular complexity index is 1540. The van der Waals surface area contributed by atoms with Crippen molar-refractivity contribution in [2.24, 2.45) is 5.92 Å². The van der Waals surface area contributed by atoms with Gasteiger partial charge in [0.2, 0.25) is 0 Å². The zero-order valence-corrected chi connectivity index (χ0v) is 23.1. The number of carboxylic acid groups (broad SMARTS) is 1. The molecule has 0 radical (unpaired) electrons. The first kappa shape index (κ1) is 27.2. The number of carbonyl (C=O) groups is 1. The molecule has 0 amide bonds. The topological polar surface area (TPSA) is 80.5 Å². The van der Waals surface area contributed by atoms with E-state index in [1.165, 1.54) is 0 Å². The first-order chi connectivity index (χ1) is 19.8. The highest BCUT2D eigenvalue weighted by molar-refractivity contribution is 5.79. The van der Waals surface area contributed by atoms with Gasteiger partial charge in [0.15, 0.2) is 0 Å². The van der Waals surface area contributed by atoms with Gasteiger partial charge in [-0.3, -0.25) is 9.78 Å². The van der Waals surface area contributed by atoms with Crippen LogP contribution in [-0.2, 0) is 17.9 Å². The molecule has 2 aliphatic rings. The molecule has 1 aliphatic heterocycles. The van der Waals surface area contributed by atoms with Crippen molar-refractivity contribution in [1.82, 2.24) is 14.5 Å². The number of alkyl halides is 2. The molecule has 2 fully saturated rings. The van der Waals surface area contributed by atoms with Gasteiger partial charge in [-0.25, -0.2) is 13.8 Å². The van der Waals surface area contributed by atoms with Crippen molar-refractivity contribution in [3.8, 4) is 5.75 Å². The number of pyridine rings is 1. The van der Waals surface area contributed by atoms with Gasteiger partial charge in [0.1, 0.15) is 18.2 Å². The van der Waals surface area contributed by atoms with Crippen molar-refractivity contribution in [2.75, 3.05) is 18.0 Å². The minimum absolute atomic E-state index is 0.129. The number of imidazole rings is 1. The van der Waals surface area contributed by atoms with Crippen LogP contribution in [-0.4, -0.2) is 44.6 Å². The largest absolute Gasteiger partial charge is 0.487 e. The van der Waals surface area contributed by atoms with Crippen LogP contribution in [0.1, 0.15) is 60.7 Å². The van der Waals surface area contributed by atoms with Crippen LogP contribution in [0.15, 0.2) is 60.8 Å². The van der Waals surface area contributed by atoms with Gasteiger partial charge in [-0.1, -0.05) is 31.0 Å². The normalized spacial score (nSPS) is 20.4. The Balaban J connectivity index is 1.32. The zero-order valence-electron chi connectivity index (χ0n) is 23.1. The number of ether oxygens (including phenoxy) is 1. The zero-order chi connectivity index (χ0) is 28.6. The fourth-order valence-corrected chi connectivity index (χ4v) is 6.09. The second-order valence-corrected chi connectivity index (χ2v) is 11.4. The molecule has 2 aromatic carbocycles.